The van der Waals surface area contributed by atoms with E-state index in [2.05, 4.69) is 0 Å². The van der Waals surface area contributed by atoms with Gasteiger partial charge in [-0.25, -0.2) is 5.32 Å². The van der Waals surface area contributed by atoms with Crippen molar-refractivity contribution in [2.75, 3.05) is 7.05 Å². The van der Waals surface area contributed by atoms with E-state index < -0.39 is 6.10 Å². The van der Waals surface area contributed by atoms with Gasteiger partial charge in [0.15, 0.2) is 0 Å². The van der Waals surface area contributed by atoms with E-state index >= 15 is 0 Å². The minimum absolute atomic E-state index is 0. The van der Waals surface area contributed by atoms with Gasteiger partial charge >= 0.3 is 6.10 Å². The molecule has 0 saturated carbocycles. The Hall–Kier alpha value is 0.130. The lowest BCUT2D eigenvalue weighted by molar-refractivity contribution is -0.328. The number of halogens is 1. The van der Waals surface area contributed by atoms with Crippen molar-refractivity contribution in [2.45, 2.75) is 6.10 Å². The van der Waals surface area contributed by atoms with Crippen molar-refractivity contribution in [2.24, 2.45) is 0 Å². The molecule has 0 aliphatic carbocycles. The quantitative estimate of drug-likeness (QED) is 0.316. The molecule has 0 aromatic carbocycles. The van der Waals surface area contributed by atoms with Crippen molar-refractivity contribution in [3.05, 3.63) is 0 Å². The summed E-state index contributed by atoms with van der Waals surface area (Å²) in [5.74, 6) is 0. The Morgan fingerprint density at radius 2 is 1.43 bits per heavy atom. The summed E-state index contributed by atoms with van der Waals surface area (Å²) in [5.41, 5.74) is 0. The topological polar surface area (TPSA) is 72.7 Å². The van der Waals surface area contributed by atoms with Crippen molar-refractivity contribution >= 4 is 12.4 Å². The molecule has 7 heavy (non-hydrogen) atoms. The highest BCUT2D eigenvalue weighted by atomic mass is 35.5. The van der Waals surface area contributed by atoms with E-state index in [9.17, 15) is 0 Å². The van der Waals surface area contributed by atoms with Gasteiger partial charge in [-0.05, 0) is 7.05 Å². The van der Waals surface area contributed by atoms with Crippen molar-refractivity contribution in [1.82, 2.24) is 5.32 Å². The van der Waals surface area contributed by atoms with E-state index in [-0.39, 0.29) is 12.4 Å². The molecule has 0 rings (SSSR count). The van der Waals surface area contributed by atoms with Crippen molar-refractivity contribution in [3.63, 3.8) is 0 Å². The number of aliphatic hydroxyl groups is 3. The summed E-state index contributed by atoms with van der Waals surface area (Å²) in [6.45, 7) is 0. The Labute approximate surface area is 47.2 Å². The van der Waals surface area contributed by atoms with Crippen LogP contribution < -0.4 is 5.32 Å². The zero-order valence-electron chi connectivity index (χ0n) is 3.75. The highest BCUT2D eigenvalue weighted by Gasteiger charge is 2.11. The lowest BCUT2D eigenvalue weighted by Gasteiger charge is -2.09. The maximum Gasteiger partial charge on any atom is 0.342 e. The predicted octanol–water partition coefficient (Wildman–Crippen LogP) is -1.78. The van der Waals surface area contributed by atoms with Crippen LogP contribution in [0.3, 0.4) is 0 Å². The molecule has 0 bridgehead atoms. The Kier molecular flexibility index (Phi) is 4.62. The molecule has 0 amide bonds. The first-order valence-corrected chi connectivity index (χ1v) is 1.42. The average Bonchev–Trinajstić information content (AvgIpc) is 1.35. The summed E-state index contributed by atoms with van der Waals surface area (Å²) in [6, 6.07) is 0. The standard InChI is InChI=1S/C2H7NO3.ClH/c1-3-2(4,5)6;/h3-6H,1H3;1H. The Morgan fingerprint density at radius 3 is 1.43 bits per heavy atom. The molecular formula is C2H8ClNO3. The highest BCUT2D eigenvalue weighted by Crippen LogP contribution is 1.77. The molecule has 0 spiro atoms. The van der Waals surface area contributed by atoms with Gasteiger partial charge in [0.25, 0.3) is 0 Å². The van der Waals surface area contributed by atoms with Gasteiger partial charge in [0.05, 0.1) is 0 Å². The molecule has 0 aromatic rings. The van der Waals surface area contributed by atoms with Gasteiger partial charge in [0.1, 0.15) is 0 Å². The molecule has 0 fully saturated rings. The first-order chi connectivity index (χ1) is 2.56. The van der Waals surface area contributed by atoms with E-state index in [4.69, 9.17) is 15.3 Å². The van der Waals surface area contributed by atoms with Crippen LogP contribution in [0.1, 0.15) is 0 Å². The molecule has 5 heteroatoms. The molecule has 4 nitrogen and oxygen atoms in total. The van der Waals surface area contributed by atoms with Crippen molar-refractivity contribution in [3.8, 4) is 0 Å². The van der Waals surface area contributed by atoms with Gasteiger partial charge in [-0.15, -0.1) is 12.4 Å². The van der Waals surface area contributed by atoms with Crippen molar-refractivity contribution in [1.29, 1.82) is 0 Å². The maximum absolute atomic E-state index is 7.83. The van der Waals surface area contributed by atoms with Crippen LogP contribution >= 0.6 is 12.4 Å². The third-order valence-corrected chi connectivity index (χ3v) is 0.335. The summed E-state index contributed by atoms with van der Waals surface area (Å²) >= 11 is 0. The zero-order chi connectivity index (χ0) is 5.21. The summed E-state index contributed by atoms with van der Waals surface area (Å²) in [6.07, 6.45) is -2.71. The predicted molar refractivity (Wildman–Crippen MR) is 25.7 cm³/mol. The molecule has 0 unspecified atom stereocenters. The fraction of sp³-hybridized carbons (Fsp3) is 1.00. The molecule has 4 N–H and O–H groups in total. The minimum atomic E-state index is -2.71. The molecule has 0 aromatic heterocycles. The van der Waals surface area contributed by atoms with Crippen LogP contribution in [0.15, 0.2) is 0 Å². The second kappa shape index (κ2) is 3.17. The monoisotopic (exact) mass is 129 g/mol. The SMILES string of the molecule is CNC(O)(O)O.Cl. The molecule has 0 heterocycles. The Bertz CT molecular complexity index is 42.7. The van der Waals surface area contributed by atoms with E-state index in [0.717, 1.165) is 0 Å². The normalized spacial score (nSPS) is 10.3. The van der Waals surface area contributed by atoms with Gasteiger partial charge in [0, 0.05) is 0 Å². The Balaban J connectivity index is 0. The molecule has 0 atom stereocenters. The molecule has 0 aliphatic heterocycles. The maximum atomic E-state index is 7.83. The summed E-state index contributed by atoms with van der Waals surface area (Å²) in [7, 11) is 1.21. The fourth-order valence-electron chi connectivity index (χ4n) is 0. The third kappa shape index (κ3) is 10.7. The number of nitrogens with one attached hydrogen (secondary N) is 1. The molecule has 46 valence electrons. The van der Waals surface area contributed by atoms with Gasteiger partial charge in [-0.2, -0.15) is 0 Å². The fourth-order valence-corrected chi connectivity index (χ4v) is 0. The van der Waals surface area contributed by atoms with Crippen LogP contribution in [-0.4, -0.2) is 28.5 Å². The van der Waals surface area contributed by atoms with Crippen molar-refractivity contribution < 1.29 is 15.3 Å². The van der Waals surface area contributed by atoms with Gasteiger partial charge in [0.2, 0.25) is 0 Å². The smallest absolute Gasteiger partial charge is 0.330 e. The average molecular weight is 130 g/mol. The van der Waals surface area contributed by atoms with Gasteiger partial charge in [-0.1, -0.05) is 0 Å². The molecule has 0 saturated heterocycles. The third-order valence-electron chi connectivity index (χ3n) is 0.335. The van der Waals surface area contributed by atoms with E-state index in [0.29, 0.717) is 0 Å². The lowest BCUT2D eigenvalue weighted by Crippen LogP contribution is -2.41. The molecule has 0 aliphatic rings. The minimum Gasteiger partial charge on any atom is -0.330 e. The lowest BCUT2D eigenvalue weighted by atomic mass is 10.9. The summed E-state index contributed by atoms with van der Waals surface area (Å²) < 4.78 is 0. The second-order valence-corrected chi connectivity index (χ2v) is 0.885. The number of hydrogen-bond acceptors (Lipinski definition) is 4. The summed E-state index contributed by atoms with van der Waals surface area (Å²) in [4.78, 5) is 0. The highest BCUT2D eigenvalue weighted by molar-refractivity contribution is 5.85. The van der Waals surface area contributed by atoms with E-state index in [1.54, 1.807) is 5.32 Å². The van der Waals surface area contributed by atoms with Crippen LogP contribution in [0.2, 0.25) is 0 Å². The van der Waals surface area contributed by atoms with Crippen LogP contribution in [0.4, 0.5) is 0 Å². The molecular weight excluding hydrogens is 121 g/mol. The van der Waals surface area contributed by atoms with E-state index in [1.807, 2.05) is 0 Å². The first kappa shape index (κ1) is 10.2. The number of rotatable bonds is 1. The van der Waals surface area contributed by atoms with Crippen LogP contribution in [0.5, 0.6) is 0 Å². The van der Waals surface area contributed by atoms with Gasteiger partial charge < -0.3 is 15.3 Å². The van der Waals surface area contributed by atoms with Gasteiger partial charge in [-0.3, -0.25) is 0 Å². The van der Waals surface area contributed by atoms with Crippen LogP contribution in [0, 0.1) is 0 Å². The zero-order valence-corrected chi connectivity index (χ0v) is 4.57. The molecule has 0 radical (unpaired) electrons. The summed E-state index contributed by atoms with van der Waals surface area (Å²) in [5, 5.41) is 25.3. The van der Waals surface area contributed by atoms with Crippen LogP contribution in [-0.2, 0) is 0 Å². The second-order valence-electron chi connectivity index (χ2n) is 0.885. The van der Waals surface area contributed by atoms with E-state index in [1.165, 1.54) is 7.05 Å². The first-order valence-electron chi connectivity index (χ1n) is 1.42. The largest absolute Gasteiger partial charge is 0.342 e. The Morgan fingerprint density at radius 1 is 1.29 bits per heavy atom. The van der Waals surface area contributed by atoms with Crippen LogP contribution in [0.25, 0.3) is 0 Å². The number of hydrogen-bond donors (Lipinski definition) is 4.